The van der Waals surface area contributed by atoms with Crippen molar-refractivity contribution in [2.24, 2.45) is 0 Å². The summed E-state index contributed by atoms with van der Waals surface area (Å²) in [5.74, 6) is 0.247. The largest absolute Gasteiger partial charge is 0.396 e. The maximum Gasteiger partial charge on any atom is 0.222 e. The quantitative estimate of drug-likeness (QED) is 0.0760. The van der Waals surface area contributed by atoms with Crippen molar-refractivity contribution < 1.29 is 15.0 Å². The molecule has 0 aliphatic rings. The van der Waals surface area contributed by atoms with E-state index < -0.39 is 0 Å². The molecule has 0 atom stereocenters. The lowest BCUT2D eigenvalue weighted by Gasteiger charge is -2.22. The first-order valence-corrected chi connectivity index (χ1v) is 18.3. The minimum Gasteiger partial charge on any atom is -0.396 e. The highest BCUT2D eigenvalue weighted by Crippen LogP contribution is 2.15. The Hall–Kier alpha value is -0.610. The third kappa shape index (κ3) is 30.4. The number of amides is 1. The van der Waals surface area contributed by atoms with Crippen LogP contribution in [0.25, 0.3) is 0 Å². The monoisotopic (exact) mass is 568 g/mol. The summed E-state index contributed by atoms with van der Waals surface area (Å²) in [7, 11) is 0. The van der Waals surface area contributed by atoms with Gasteiger partial charge in [-0.3, -0.25) is 4.79 Å². The Balaban J connectivity index is 3.50. The average molecular weight is 568 g/mol. The molecule has 0 aliphatic heterocycles. The van der Waals surface area contributed by atoms with Crippen LogP contribution in [-0.4, -0.2) is 47.3 Å². The number of nitrogens with zero attached hydrogens (tertiary/aromatic N) is 1. The summed E-state index contributed by atoms with van der Waals surface area (Å²) < 4.78 is 0. The van der Waals surface area contributed by atoms with Crippen molar-refractivity contribution in [1.29, 1.82) is 0 Å². The predicted molar refractivity (Wildman–Crippen MR) is 175 cm³/mol. The van der Waals surface area contributed by atoms with Crippen LogP contribution in [0.5, 0.6) is 0 Å². The normalized spacial score (nSPS) is 11.4. The molecule has 0 unspecified atom stereocenters. The lowest BCUT2D eigenvalue weighted by molar-refractivity contribution is -0.131. The number of hydrogen-bond donors (Lipinski definition) is 2. The van der Waals surface area contributed by atoms with Crippen LogP contribution in [0.3, 0.4) is 0 Å². The molecule has 0 radical (unpaired) electrons. The van der Waals surface area contributed by atoms with E-state index in [-0.39, 0.29) is 12.5 Å². The van der Waals surface area contributed by atoms with Gasteiger partial charge in [0.15, 0.2) is 0 Å². The first-order chi connectivity index (χ1) is 19.8. The van der Waals surface area contributed by atoms with Crippen LogP contribution in [0.4, 0.5) is 0 Å². The standard InChI is InChI=1S/C36H73NO3/c1-2-3-4-5-6-7-8-9-10-13-16-19-22-25-28-31-36(40)37(33-35-39)32-29-26-23-20-17-14-11-12-15-18-21-24-27-30-34-38/h38-39H,2-35H2,1H3. The Morgan fingerprint density at radius 3 is 1.07 bits per heavy atom. The predicted octanol–water partition coefficient (Wildman–Crippen LogP) is 10.5. The fourth-order valence-electron chi connectivity index (χ4n) is 5.82. The first-order valence-electron chi connectivity index (χ1n) is 18.3. The number of carbonyl (C=O) groups is 1. The van der Waals surface area contributed by atoms with Crippen LogP contribution in [-0.2, 0) is 4.79 Å². The summed E-state index contributed by atoms with van der Waals surface area (Å²) >= 11 is 0. The molecule has 40 heavy (non-hydrogen) atoms. The van der Waals surface area contributed by atoms with Crippen molar-refractivity contribution in [1.82, 2.24) is 4.90 Å². The van der Waals surface area contributed by atoms with Gasteiger partial charge in [0.25, 0.3) is 0 Å². The van der Waals surface area contributed by atoms with Gasteiger partial charge < -0.3 is 15.1 Å². The maximum atomic E-state index is 12.7. The van der Waals surface area contributed by atoms with Crippen molar-refractivity contribution in [2.75, 3.05) is 26.3 Å². The van der Waals surface area contributed by atoms with E-state index in [1.807, 2.05) is 4.90 Å². The Bertz CT molecular complexity index is 485. The van der Waals surface area contributed by atoms with Gasteiger partial charge in [-0.1, -0.05) is 174 Å². The van der Waals surface area contributed by atoms with Gasteiger partial charge in [-0.05, 0) is 19.3 Å². The smallest absolute Gasteiger partial charge is 0.222 e. The molecular formula is C36H73NO3. The van der Waals surface area contributed by atoms with E-state index in [0.29, 0.717) is 19.6 Å². The minimum absolute atomic E-state index is 0.0766. The molecule has 0 saturated heterocycles. The Morgan fingerprint density at radius 2 is 0.725 bits per heavy atom. The van der Waals surface area contributed by atoms with Gasteiger partial charge in [0.2, 0.25) is 5.91 Å². The minimum atomic E-state index is 0.0766. The lowest BCUT2D eigenvalue weighted by atomic mass is 10.0. The highest BCUT2D eigenvalue weighted by molar-refractivity contribution is 5.76. The lowest BCUT2D eigenvalue weighted by Crippen LogP contribution is -2.34. The molecule has 240 valence electrons. The van der Waals surface area contributed by atoms with Crippen molar-refractivity contribution in [3.05, 3.63) is 0 Å². The van der Waals surface area contributed by atoms with E-state index in [0.717, 1.165) is 25.8 Å². The average Bonchev–Trinajstić information content (AvgIpc) is 2.96. The van der Waals surface area contributed by atoms with E-state index in [1.54, 1.807) is 0 Å². The van der Waals surface area contributed by atoms with Gasteiger partial charge in [0.1, 0.15) is 0 Å². The summed E-state index contributed by atoms with van der Waals surface area (Å²) in [6.07, 6.45) is 38.6. The van der Waals surface area contributed by atoms with E-state index in [9.17, 15) is 9.90 Å². The second kappa shape index (κ2) is 34.6. The van der Waals surface area contributed by atoms with Gasteiger partial charge in [-0.2, -0.15) is 0 Å². The number of carbonyl (C=O) groups excluding carboxylic acids is 1. The van der Waals surface area contributed by atoms with Gasteiger partial charge in [-0.15, -0.1) is 0 Å². The van der Waals surface area contributed by atoms with Crippen LogP contribution in [0.2, 0.25) is 0 Å². The molecule has 4 nitrogen and oxygen atoms in total. The van der Waals surface area contributed by atoms with Gasteiger partial charge in [0, 0.05) is 26.1 Å². The van der Waals surface area contributed by atoms with Crippen molar-refractivity contribution in [3.8, 4) is 0 Å². The van der Waals surface area contributed by atoms with Crippen molar-refractivity contribution in [2.45, 2.75) is 200 Å². The van der Waals surface area contributed by atoms with Crippen molar-refractivity contribution in [3.63, 3.8) is 0 Å². The fraction of sp³-hybridized carbons (Fsp3) is 0.972. The second-order valence-corrected chi connectivity index (χ2v) is 12.5. The van der Waals surface area contributed by atoms with Crippen LogP contribution in [0, 0.1) is 0 Å². The van der Waals surface area contributed by atoms with E-state index in [1.165, 1.54) is 167 Å². The highest BCUT2D eigenvalue weighted by atomic mass is 16.3. The molecule has 0 saturated carbocycles. The molecule has 0 aromatic rings. The second-order valence-electron chi connectivity index (χ2n) is 12.5. The zero-order valence-electron chi connectivity index (χ0n) is 27.3. The topological polar surface area (TPSA) is 60.8 Å². The molecule has 0 aromatic heterocycles. The zero-order valence-corrected chi connectivity index (χ0v) is 27.3. The van der Waals surface area contributed by atoms with E-state index >= 15 is 0 Å². The zero-order chi connectivity index (χ0) is 29.2. The molecule has 0 heterocycles. The molecule has 4 heteroatoms. The third-order valence-corrected chi connectivity index (χ3v) is 8.55. The Labute approximate surface area is 251 Å². The molecule has 0 aromatic carbocycles. The Kier molecular flexibility index (Phi) is 34.1. The number of aliphatic hydroxyl groups is 2. The number of hydrogen-bond acceptors (Lipinski definition) is 3. The first kappa shape index (κ1) is 39.4. The SMILES string of the molecule is CCCCCCCCCCCCCCCCCC(=O)N(CCO)CCCCCCCCCCCCCCCCO. The summed E-state index contributed by atoms with van der Waals surface area (Å²) in [5, 5.41) is 18.2. The van der Waals surface area contributed by atoms with Gasteiger partial charge in [0.05, 0.1) is 6.61 Å². The van der Waals surface area contributed by atoms with Gasteiger partial charge in [-0.25, -0.2) is 0 Å². The fourth-order valence-corrected chi connectivity index (χ4v) is 5.82. The molecule has 0 fully saturated rings. The third-order valence-electron chi connectivity index (χ3n) is 8.55. The Morgan fingerprint density at radius 1 is 0.400 bits per heavy atom. The van der Waals surface area contributed by atoms with E-state index in [4.69, 9.17) is 5.11 Å². The number of aliphatic hydroxyl groups excluding tert-OH is 2. The molecule has 0 bridgehead atoms. The van der Waals surface area contributed by atoms with Crippen LogP contribution in [0.1, 0.15) is 200 Å². The molecule has 0 rings (SSSR count). The molecule has 0 aliphatic carbocycles. The molecule has 2 N–H and O–H groups in total. The molecular weight excluding hydrogens is 494 g/mol. The summed E-state index contributed by atoms with van der Waals surface area (Å²) in [6, 6.07) is 0. The van der Waals surface area contributed by atoms with Crippen LogP contribution >= 0.6 is 0 Å². The van der Waals surface area contributed by atoms with Gasteiger partial charge >= 0.3 is 0 Å². The maximum absolute atomic E-state index is 12.7. The van der Waals surface area contributed by atoms with Crippen molar-refractivity contribution >= 4 is 5.91 Å². The number of unbranched alkanes of at least 4 members (excludes halogenated alkanes) is 27. The highest BCUT2D eigenvalue weighted by Gasteiger charge is 2.12. The summed E-state index contributed by atoms with van der Waals surface area (Å²) in [4.78, 5) is 14.6. The summed E-state index contributed by atoms with van der Waals surface area (Å²) in [6.45, 7) is 4.02. The number of rotatable bonds is 34. The molecule has 1 amide bonds. The summed E-state index contributed by atoms with van der Waals surface area (Å²) in [5.41, 5.74) is 0. The molecule has 0 spiro atoms. The van der Waals surface area contributed by atoms with Crippen LogP contribution < -0.4 is 0 Å². The van der Waals surface area contributed by atoms with E-state index in [2.05, 4.69) is 6.92 Å². The van der Waals surface area contributed by atoms with Crippen LogP contribution in [0.15, 0.2) is 0 Å².